The summed E-state index contributed by atoms with van der Waals surface area (Å²) in [6.07, 6.45) is 5.49. The van der Waals surface area contributed by atoms with Crippen LogP contribution in [0.2, 0.25) is 0 Å². The van der Waals surface area contributed by atoms with Crippen LogP contribution in [0.1, 0.15) is 27.9 Å². The molecular weight excluding hydrogens is 340 g/mol. The third-order valence-corrected chi connectivity index (χ3v) is 4.21. The maximum absolute atomic E-state index is 12.6. The molecule has 27 heavy (non-hydrogen) atoms. The van der Waals surface area contributed by atoms with Crippen molar-refractivity contribution in [1.29, 1.82) is 0 Å². The lowest BCUT2D eigenvalue weighted by atomic mass is 10.1. The van der Waals surface area contributed by atoms with Gasteiger partial charge in [-0.15, -0.1) is 0 Å². The van der Waals surface area contributed by atoms with Gasteiger partial charge in [-0.05, 0) is 49.2 Å². The SMILES string of the molecule is Cc1ccc(C)c(NC(=O)c2cccc(NC(=O)CCn3ccnc3)c2)c1. The largest absolute Gasteiger partial charge is 0.337 e. The summed E-state index contributed by atoms with van der Waals surface area (Å²) in [6.45, 7) is 4.49. The highest BCUT2D eigenvalue weighted by Crippen LogP contribution is 2.18. The van der Waals surface area contributed by atoms with Crippen molar-refractivity contribution in [2.75, 3.05) is 10.6 Å². The normalized spacial score (nSPS) is 10.4. The van der Waals surface area contributed by atoms with Crippen LogP contribution in [0.25, 0.3) is 0 Å². The van der Waals surface area contributed by atoms with E-state index in [1.165, 1.54) is 0 Å². The quantitative estimate of drug-likeness (QED) is 0.701. The molecule has 6 heteroatoms. The van der Waals surface area contributed by atoms with E-state index in [0.717, 1.165) is 16.8 Å². The Kier molecular flexibility index (Phi) is 5.66. The third-order valence-electron chi connectivity index (χ3n) is 4.21. The van der Waals surface area contributed by atoms with Crippen LogP contribution in [0, 0.1) is 13.8 Å². The Labute approximate surface area is 158 Å². The lowest BCUT2D eigenvalue weighted by Gasteiger charge is -2.11. The summed E-state index contributed by atoms with van der Waals surface area (Å²) >= 11 is 0. The van der Waals surface area contributed by atoms with Crippen LogP contribution < -0.4 is 10.6 Å². The first-order chi connectivity index (χ1) is 13.0. The number of aromatic nitrogens is 2. The number of rotatable bonds is 6. The van der Waals surface area contributed by atoms with Gasteiger partial charge in [0.25, 0.3) is 5.91 Å². The van der Waals surface area contributed by atoms with Gasteiger partial charge in [-0.1, -0.05) is 18.2 Å². The molecule has 0 aliphatic rings. The highest BCUT2D eigenvalue weighted by atomic mass is 16.2. The standard InChI is InChI=1S/C21H22N4O2/c1-15-6-7-16(2)19(12-15)24-21(27)17-4-3-5-18(13-17)23-20(26)8-10-25-11-9-22-14-25/h3-7,9,11-14H,8,10H2,1-2H3,(H,23,26)(H,24,27). The number of nitrogens with one attached hydrogen (secondary N) is 2. The molecule has 138 valence electrons. The van der Waals surface area contributed by atoms with Gasteiger partial charge in [0, 0.05) is 42.3 Å². The molecule has 2 N–H and O–H groups in total. The molecule has 0 spiro atoms. The monoisotopic (exact) mass is 362 g/mol. The molecule has 6 nitrogen and oxygen atoms in total. The summed E-state index contributed by atoms with van der Waals surface area (Å²) in [5.41, 5.74) is 3.95. The highest BCUT2D eigenvalue weighted by molar-refractivity contribution is 6.05. The van der Waals surface area contributed by atoms with Crippen LogP contribution in [-0.4, -0.2) is 21.4 Å². The molecule has 3 rings (SSSR count). The van der Waals surface area contributed by atoms with Gasteiger partial charge in [0.05, 0.1) is 6.33 Å². The van der Waals surface area contributed by atoms with E-state index in [4.69, 9.17) is 0 Å². The van der Waals surface area contributed by atoms with Gasteiger partial charge >= 0.3 is 0 Å². The van der Waals surface area contributed by atoms with Crippen LogP contribution in [0.15, 0.2) is 61.2 Å². The average Bonchev–Trinajstić information content (AvgIpc) is 3.17. The van der Waals surface area contributed by atoms with Crippen molar-refractivity contribution in [3.8, 4) is 0 Å². The zero-order chi connectivity index (χ0) is 19.2. The van der Waals surface area contributed by atoms with Gasteiger partial charge in [0.2, 0.25) is 5.91 Å². The Balaban J connectivity index is 1.63. The predicted molar refractivity (Wildman–Crippen MR) is 106 cm³/mol. The average molecular weight is 362 g/mol. The van der Waals surface area contributed by atoms with E-state index >= 15 is 0 Å². The summed E-state index contributed by atoms with van der Waals surface area (Å²) in [4.78, 5) is 28.6. The maximum Gasteiger partial charge on any atom is 0.255 e. The summed E-state index contributed by atoms with van der Waals surface area (Å²) < 4.78 is 1.84. The lowest BCUT2D eigenvalue weighted by Crippen LogP contribution is -2.16. The first kappa shape index (κ1) is 18.4. The number of imidazole rings is 1. The Bertz CT molecular complexity index is 949. The molecule has 1 aromatic heterocycles. The maximum atomic E-state index is 12.6. The minimum Gasteiger partial charge on any atom is -0.337 e. The number of nitrogens with zero attached hydrogens (tertiary/aromatic N) is 2. The number of amides is 2. The molecule has 0 fully saturated rings. The molecule has 2 aromatic carbocycles. The van der Waals surface area contributed by atoms with Crippen molar-refractivity contribution in [3.63, 3.8) is 0 Å². The zero-order valence-corrected chi connectivity index (χ0v) is 15.4. The first-order valence-corrected chi connectivity index (χ1v) is 8.75. The molecule has 0 saturated carbocycles. The van der Waals surface area contributed by atoms with E-state index in [1.54, 1.807) is 36.8 Å². The second-order valence-corrected chi connectivity index (χ2v) is 6.45. The molecule has 0 aliphatic heterocycles. The molecule has 2 amide bonds. The van der Waals surface area contributed by atoms with Gasteiger partial charge in [-0.3, -0.25) is 9.59 Å². The minimum atomic E-state index is -0.210. The van der Waals surface area contributed by atoms with E-state index in [2.05, 4.69) is 15.6 Å². The molecule has 0 aliphatic carbocycles. The number of carbonyl (C=O) groups is 2. The summed E-state index contributed by atoms with van der Waals surface area (Å²) in [5, 5.41) is 5.76. The van der Waals surface area contributed by atoms with Gasteiger partial charge in [0.15, 0.2) is 0 Å². The van der Waals surface area contributed by atoms with E-state index in [1.807, 2.05) is 42.8 Å². The summed E-state index contributed by atoms with van der Waals surface area (Å²) in [6, 6.07) is 12.8. The second kappa shape index (κ2) is 8.31. The molecule has 0 bridgehead atoms. The number of hydrogen-bond donors (Lipinski definition) is 2. The van der Waals surface area contributed by atoms with Gasteiger partial charge in [0.1, 0.15) is 0 Å². The van der Waals surface area contributed by atoms with Crippen LogP contribution in [-0.2, 0) is 11.3 Å². The van der Waals surface area contributed by atoms with Crippen molar-refractivity contribution in [2.45, 2.75) is 26.8 Å². The number of aryl methyl sites for hydroxylation is 3. The molecule has 0 saturated heterocycles. The van der Waals surface area contributed by atoms with Gasteiger partial charge < -0.3 is 15.2 Å². The number of carbonyl (C=O) groups excluding carboxylic acids is 2. The molecule has 0 unspecified atom stereocenters. The summed E-state index contributed by atoms with van der Waals surface area (Å²) in [7, 11) is 0. The van der Waals surface area contributed by atoms with E-state index in [0.29, 0.717) is 24.2 Å². The number of benzene rings is 2. The molecule has 3 aromatic rings. The van der Waals surface area contributed by atoms with E-state index in [-0.39, 0.29) is 11.8 Å². The fourth-order valence-electron chi connectivity index (χ4n) is 2.68. The fourth-order valence-corrected chi connectivity index (χ4v) is 2.68. The van der Waals surface area contributed by atoms with Crippen LogP contribution in [0.3, 0.4) is 0 Å². The molecule has 1 heterocycles. The second-order valence-electron chi connectivity index (χ2n) is 6.45. The molecular formula is C21H22N4O2. The highest BCUT2D eigenvalue weighted by Gasteiger charge is 2.10. The van der Waals surface area contributed by atoms with Crippen LogP contribution >= 0.6 is 0 Å². The Morgan fingerprint density at radius 3 is 2.70 bits per heavy atom. The van der Waals surface area contributed by atoms with Crippen LogP contribution in [0.4, 0.5) is 11.4 Å². The van der Waals surface area contributed by atoms with Crippen molar-refractivity contribution in [2.24, 2.45) is 0 Å². The van der Waals surface area contributed by atoms with E-state index < -0.39 is 0 Å². The van der Waals surface area contributed by atoms with Crippen molar-refractivity contribution >= 4 is 23.2 Å². The first-order valence-electron chi connectivity index (χ1n) is 8.75. The van der Waals surface area contributed by atoms with Crippen molar-refractivity contribution in [3.05, 3.63) is 77.9 Å². The Morgan fingerprint density at radius 2 is 1.93 bits per heavy atom. The van der Waals surface area contributed by atoms with E-state index in [9.17, 15) is 9.59 Å². The predicted octanol–water partition coefficient (Wildman–Crippen LogP) is 3.78. The van der Waals surface area contributed by atoms with Gasteiger partial charge in [-0.2, -0.15) is 0 Å². The number of anilines is 2. The molecule has 0 radical (unpaired) electrons. The Morgan fingerprint density at radius 1 is 1.07 bits per heavy atom. The number of hydrogen-bond acceptors (Lipinski definition) is 3. The fraction of sp³-hybridized carbons (Fsp3) is 0.190. The third kappa shape index (κ3) is 5.04. The van der Waals surface area contributed by atoms with Crippen LogP contribution in [0.5, 0.6) is 0 Å². The topological polar surface area (TPSA) is 76.0 Å². The smallest absolute Gasteiger partial charge is 0.255 e. The minimum absolute atomic E-state index is 0.115. The van der Waals surface area contributed by atoms with Crippen molar-refractivity contribution in [1.82, 2.24) is 9.55 Å². The zero-order valence-electron chi connectivity index (χ0n) is 15.4. The lowest BCUT2D eigenvalue weighted by molar-refractivity contribution is -0.116. The van der Waals surface area contributed by atoms with Gasteiger partial charge in [-0.25, -0.2) is 4.98 Å². The molecule has 0 atom stereocenters. The summed E-state index contributed by atoms with van der Waals surface area (Å²) in [5.74, 6) is -0.325. The Hall–Kier alpha value is -3.41. The van der Waals surface area contributed by atoms with Crippen molar-refractivity contribution < 1.29 is 9.59 Å².